The molecule has 0 aromatic heterocycles. The van der Waals surface area contributed by atoms with Crippen LogP contribution >= 0.6 is 0 Å². The number of hydrogen-bond donors (Lipinski definition) is 4. The molecule has 0 rings (SSSR count). The molecule has 5 nitrogen and oxygen atoms in total. The summed E-state index contributed by atoms with van der Waals surface area (Å²) in [4.78, 5) is 10.1. The van der Waals surface area contributed by atoms with Gasteiger partial charge in [-0.15, -0.1) is 0 Å². The van der Waals surface area contributed by atoms with E-state index in [0.717, 1.165) is 6.92 Å². The van der Waals surface area contributed by atoms with Crippen LogP contribution in [0.1, 0.15) is 6.92 Å². The standard InChI is InChI=1S/C6H12O5/c1-6(11,3-8)5(10)4(9)2-7/h3-5,7,9-11H,2H2,1H3. The molecule has 11 heavy (non-hydrogen) atoms. The fourth-order valence-corrected chi connectivity index (χ4v) is 0.559. The summed E-state index contributed by atoms with van der Waals surface area (Å²) in [6, 6.07) is 0. The van der Waals surface area contributed by atoms with Crippen LogP contribution in [0.25, 0.3) is 0 Å². The predicted octanol–water partition coefficient (Wildman–Crippen LogP) is -2.35. The molecule has 0 bridgehead atoms. The number of carbonyl (C=O) groups excluding carboxylic acids is 1. The largest absolute Gasteiger partial charge is 0.394 e. The quantitative estimate of drug-likeness (QED) is 0.349. The monoisotopic (exact) mass is 164 g/mol. The first-order valence-corrected chi connectivity index (χ1v) is 3.11. The lowest BCUT2D eigenvalue weighted by Gasteiger charge is -2.25. The highest BCUT2D eigenvalue weighted by molar-refractivity contribution is 5.62. The molecule has 0 aliphatic carbocycles. The number of hydrogen-bond acceptors (Lipinski definition) is 5. The molecule has 66 valence electrons. The molecule has 3 unspecified atom stereocenters. The summed E-state index contributed by atoms with van der Waals surface area (Å²) in [5.74, 6) is 0. The van der Waals surface area contributed by atoms with Crippen LogP contribution in [0, 0.1) is 0 Å². The van der Waals surface area contributed by atoms with Gasteiger partial charge < -0.3 is 25.2 Å². The molecule has 5 heteroatoms. The van der Waals surface area contributed by atoms with E-state index in [9.17, 15) is 4.79 Å². The highest BCUT2D eigenvalue weighted by Crippen LogP contribution is 2.09. The Morgan fingerprint density at radius 2 is 2.00 bits per heavy atom. The van der Waals surface area contributed by atoms with Crippen molar-refractivity contribution >= 4 is 6.29 Å². The Morgan fingerprint density at radius 3 is 2.27 bits per heavy atom. The summed E-state index contributed by atoms with van der Waals surface area (Å²) in [5, 5.41) is 35.1. The lowest BCUT2D eigenvalue weighted by atomic mass is 9.97. The lowest BCUT2D eigenvalue weighted by Crippen LogP contribution is -2.49. The molecule has 0 aromatic carbocycles. The molecule has 0 fully saturated rings. The fourth-order valence-electron chi connectivity index (χ4n) is 0.559. The molecule has 3 atom stereocenters. The van der Waals surface area contributed by atoms with E-state index in [1.54, 1.807) is 0 Å². The maximum absolute atomic E-state index is 10.1. The normalized spacial score (nSPS) is 21.9. The van der Waals surface area contributed by atoms with Gasteiger partial charge in [-0.05, 0) is 6.92 Å². The molecule has 0 aliphatic heterocycles. The second kappa shape index (κ2) is 3.77. The minimum atomic E-state index is -2.01. The summed E-state index contributed by atoms with van der Waals surface area (Å²) >= 11 is 0. The van der Waals surface area contributed by atoms with E-state index in [1.165, 1.54) is 0 Å². The Morgan fingerprint density at radius 1 is 1.55 bits per heavy atom. The topological polar surface area (TPSA) is 98.0 Å². The summed E-state index contributed by atoms with van der Waals surface area (Å²) in [5.41, 5.74) is -2.01. The van der Waals surface area contributed by atoms with Crippen LogP contribution in [-0.2, 0) is 4.79 Å². The average Bonchev–Trinajstić information content (AvgIpc) is 2.01. The van der Waals surface area contributed by atoms with Gasteiger partial charge in [0, 0.05) is 0 Å². The van der Waals surface area contributed by atoms with Crippen molar-refractivity contribution < 1.29 is 25.2 Å². The smallest absolute Gasteiger partial charge is 0.154 e. The maximum Gasteiger partial charge on any atom is 0.154 e. The number of aliphatic hydroxyl groups is 4. The van der Waals surface area contributed by atoms with Gasteiger partial charge in [0.15, 0.2) is 6.29 Å². The molecular formula is C6H12O5. The molecule has 0 heterocycles. The Labute approximate surface area is 63.9 Å². The van der Waals surface area contributed by atoms with Gasteiger partial charge in [0.25, 0.3) is 0 Å². The minimum Gasteiger partial charge on any atom is -0.394 e. The fraction of sp³-hybridized carbons (Fsp3) is 0.833. The molecule has 0 saturated carbocycles. The zero-order valence-electron chi connectivity index (χ0n) is 6.14. The molecule has 0 amide bonds. The summed E-state index contributed by atoms with van der Waals surface area (Å²) in [7, 11) is 0. The molecule has 0 saturated heterocycles. The van der Waals surface area contributed by atoms with Gasteiger partial charge in [-0.2, -0.15) is 0 Å². The number of aldehydes is 1. The first-order valence-electron chi connectivity index (χ1n) is 3.11. The Bertz CT molecular complexity index is 133. The van der Waals surface area contributed by atoms with Gasteiger partial charge in [-0.25, -0.2) is 0 Å². The van der Waals surface area contributed by atoms with Crippen molar-refractivity contribution in [1.82, 2.24) is 0 Å². The Balaban J connectivity index is 4.21. The Hall–Kier alpha value is -0.490. The number of rotatable bonds is 4. The zero-order chi connectivity index (χ0) is 9.07. The highest BCUT2D eigenvalue weighted by Gasteiger charge is 2.34. The van der Waals surface area contributed by atoms with Crippen LogP contribution in [-0.4, -0.2) is 51.1 Å². The summed E-state index contributed by atoms with van der Waals surface area (Å²) in [6.45, 7) is 0.342. The molecule has 0 aromatic rings. The van der Waals surface area contributed by atoms with Crippen LogP contribution in [0.4, 0.5) is 0 Å². The number of aliphatic hydroxyl groups excluding tert-OH is 3. The van der Waals surface area contributed by atoms with Crippen molar-refractivity contribution in [3.8, 4) is 0 Å². The van der Waals surface area contributed by atoms with Crippen molar-refractivity contribution in [2.45, 2.75) is 24.7 Å². The van der Waals surface area contributed by atoms with E-state index >= 15 is 0 Å². The molecule has 4 N–H and O–H groups in total. The van der Waals surface area contributed by atoms with E-state index in [0.29, 0.717) is 0 Å². The first-order chi connectivity index (χ1) is 4.95. The van der Waals surface area contributed by atoms with Crippen molar-refractivity contribution in [3.05, 3.63) is 0 Å². The van der Waals surface area contributed by atoms with Crippen molar-refractivity contribution in [3.63, 3.8) is 0 Å². The van der Waals surface area contributed by atoms with E-state index in [-0.39, 0.29) is 6.29 Å². The van der Waals surface area contributed by atoms with Gasteiger partial charge >= 0.3 is 0 Å². The second-order valence-electron chi connectivity index (χ2n) is 2.54. The molecule has 0 spiro atoms. The summed E-state index contributed by atoms with van der Waals surface area (Å²) in [6.07, 6.45) is -3.06. The third-order valence-electron chi connectivity index (χ3n) is 1.39. The van der Waals surface area contributed by atoms with Gasteiger partial charge in [0.05, 0.1) is 6.61 Å². The summed E-state index contributed by atoms with van der Waals surface area (Å²) < 4.78 is 0. The van der Waals surface area contributed by atoms with Gasteiger partial charge in [-0.3, -0.25) is 0 Å². The molecule has 0 radical (unpaired) electrons. The molecular weight excluding hydrogens is 152 g/mol. The van der Waals surface area contributed by atoms with Crippen LogP contribution < -0.4 is 0 Å². The predicted molar refractivity (Wildman–Crippen MR) is 35.8 cm³/mol. The van der Waals surface area contributed by atoms with Crippen LogP contribution in [0.15, 0.2) is 0 Å². The van der Waals surface area contributed by atoms with Crippen molar-refractivity contribution in [2.24, 2.45) is 0 Å². The molecule has 0 aliphatic rings. The van der Waals surface area contributed by atoms with Crippen LogP contribution in [0.2, 0.25) is 0 Å². The van der Waals surface area contributed by atoms with Gasteiger partial charge in [0.1, 0.15) is 17.8 Å². The highest BCUT2D eigenvalue weighted by atomic mass is 16.4. The van der Waals surface area contributed by atoms with Gasteiger partial charge in [-0.1, -0.05) is 0 Å². The van der Waals surface area contributed by atoms with E-state index in [4.69, 9.17) is 20.4 Å². The Kier molecular flexibility index (Phi) is 3.61. The third kappa shape index (κ3) is 2.55. The average molecular weight is 164 g/mol. The first kappa shape index (κ1) is 10.5. The lowest BCUT2D eigenvalue weighted by molar-refractivity contribution is -0.148. The second-order valence-corrected chi connectivity index (χ2v) is 2.54. The van der Waals surface area contributed by atoms with E-state index in [1.807, 2.05) is 0 Å². The van der Waals surface area contributed by atoms with E-state index < -0.39 is 24.4 Å². The van der Waals surface area contributed by atoms with Crippen LogP contribution in [0.3, 0.4) is 0 Å². The zero-order valence-corrected chi connectivity index (χ0v) is 6.14. The maximum atomic E-state index is 10.1. The van der Waals surface area contributed by atoms with E-state index in [2.05, 4.69) is 0 Å². The SMILES string of the molecule is CC(O)(C=O)C(O)C(O)CO. The minimum absolute atomic E-state index is 0.108. The van der Waals surface area contributed by atoms with Crippen molar-refractivity contribution in [1.29, 1.82) is 0 Å². The third-order valence-corrected chi connectivity index (χ3v) is 1.39. The number of carbonyl (C=O) groups is 1. The van der Waals surface area contributed by atoms with Crippen molar-refractivity contribution in [2.75, 3.05) is 6.61 Å². The van der Waals surface area contributed by atoms with Crippen LogP contribution in [0.5, 0.6) is 0 Å². The van der Waals surface area contributed by atoms with Gasteiger partial charge in [0.2, 0.25) is 0 Å².